The Morgan fingerprint density at radius 2 is 1.85 bits per heavy atom. The van der Waals surface area contributed by atoms with E-state index in [2.05, 4.69) is 10.1 Å². The second-order valence-corrected chi connectivity index (χ2v) is 6.06. The van der Waals surface area contributed by atoms with Crippen LogP contribution in [0.3, 0.4) is 0 Å². The van der Waals surface area contributed by atoms with Gasteiger partial charge in [0.05, 0.1) is 11.9 Å². The Labute approximate surface area is 151 Å². The van der Waals surface area contributed by atoms with E-state index in [1.165, 1.54) is 0 Å². The van der Waals surface area contributed by atoms with Crippen LogP contribution in [0, 0.1) is 6.92 Å². The summed E-state index contributed by atoms with van der Waals surface area (Å²) in [6.07, 6.45) is 1.82. The molecule has 0 atom stereocenters. The molecule has 7 heteroatoms. The number of amides is 1. The molecule has 2 aromatic heterocycles. The number of carbonyl (C=O) groups is 1. The number of nitrogens with zero attached hydrogens (tertiary/aromatic N) is 5. The van der Waals surface area contributed by atoms with Gasteiger partial charge in [-0.25, -0.2) is 9.67 Å². The molecule has 0 saturated heterocycles. The molecule has 0 saturated carbocycles. The molecule has 0 aliphatic rings. The first-order valence-electron chi connectivity index (χ1n) is 8.85. The average Bonchev–Trinajstić information content (AvgIpc) is 3.07. The fourth-order valence-corrected chi connectivity index (χ4v) is 3.07. The summed E-state index contributed by atoms with van der Waals surface area (Å²) in [6, 6.07) is 9.58. The molecule has 0 fully saturated rings. The first-order valence-corrected chi connectivity index (χ1v) is 8.85. The highest BCUT2D eigenvalue weighted by molar-refractivity contribution is 5.77. The molecule has 0 N–H and O–H groups in total. The van der Waals surface area contributed by atoms with E-state index in [9.17, 15) is 9.59 Å². The number of benzene rings is 1. The standard InChI is InChI=1S/C19H23N5O2/c1-4-22(5-2)17(25)11-12-23-14(3)21-18-16(19(23)26)13-20-24(18)15-9-7-6-8-10-15/h6-10,13H,4-5,11-12H2,1-3H3. The minimum absolute atomic E-state index is 0.0429. The monoisotopic (exact) mass is 353 g/mol. The van der Waals surface area contributed by atoms with Crippen LogP contribution in [0.15, 0.2) is 41.3 Å². The predicted octanol–water partition coefficient (Wildman–Crippen LogP) is 2.15. The van der Waals surface area contributed by atoms with Gasteiger partial charge in [0.25, 0.3) is 5.56 Å². The van der Waals surface area contributed by atoms with Crippen molar-refractivity contribution in [1.82, 2.24) is 24.2 Å². The second kappa shape index (κ2) is 7.51. The Bertz CT molecular complexity index is 971. The van der Waals surface area contributed by atoms with Gasteiger partial charge in [0.1, 0.15) is 11.2 Å². The Balaban J connectivity index is 1.94. The van der Waals surface area contributed by atoms with Crippen molar-refractivity contribution >= 4 is 16.9 Å². The van der Waals surface area contributed by atoms with Gasteiger partial charge in [-0.15, -0.1) is 0 Å². The molecule has 3 aromatic rings. The van der Waals surface area contributed by atoms with Gasteiger partial charge in [0.15, 0.2) is 5.65 Å². The third-order valence-corrected chi connectivity index (χ3v) is 4.54. The summed E-state index contributed by atoms with van der Waals surface area (Å²) < 4.78 is 3.22. The Hall–Kier alpha value is -2.96. The third kappa shape index (κ3) is 3.24. The lowest BCUT2D eigenvalue weighted by Crippen LogP contribution is -2.33. The van der Waals surface area contributed by atoms with Crippen molar-refractivity contribution in [2.24, 2.45) is 0 Å². The topological polar surface area (TPSA) is 73.0 Å². The van der Waals surface area contributed by atoms with Crippen molar-refractivity contribution in [3.8, 4) is 5.69 Å². The molecule has 7 nitrogen and oxygen atoms in total. The number of hydrogen-bond donors (Lipinski definition) is 0. The molecule has 0 aliphatic heterocycles. The smallest absolute Gasteiger partial charge is 0.264 e. The number of hydrogen-bond acceptors (Lipinski definition) is 4. The molecule has 26 heavy (non-hydrogen) atoms. The van der Waals surface area contributed by atoms with Gasteiger partial charge in [0.2, 0.25) is 5.91 Å². The third-order valence-electron chi connectivity index (χ3n) is 4.54. The summed E-state index contributed by atoms with van der Waals surface area (Å²) >= 11 is 0. The molecule has 0 spiro atoms. The van der Waals surface area contributed by atoms with Gasteiger partial charge in [0, 0.05) is 26.1 Å². The highest BCUT2D eigenvalue weighted by Gasteiger charge is 2.16. The van der Waals surface area contributed by atoms with Gasteiger partial charge >= 0.3 is 0 Å². The van der Waals surface area contributed by atoms with Gasteiger partial charge < -0.3 is 4.90 Å². The second-order valence-electron chi connectivity index (χ2n) is 6.06. The molecular formula is C19H23N5O2. The summed E-state index contributed by atoms with van der Waals surface area (Å²) in [5.74, 6) is 0.619. The van der Waals surface area contributed by atoms with E-state index in [0.717, 1.165) is 5.69 Å². The lowest BCUT2D eigenvalue weighted by Gasteiger charge is -2.19. The molecule has 0 bridgehead atoms. The van der Waals surface area contributed by atoms with Crippen LogP contribution < -0.4 is 5.56 Å². The largest absolute Gasteiger partial charge is 0.343 e. The summed E-state index contributed by atoms with van der Waals surface area (Å²) in [5, 5.41) is 4.78. The van der Waals surface area contributed by atoms with Gasteiger partial charge in [-0.2, -0.15) is 5.10 Å². The quantitative estimate of drug-likeness (QED) is 0.681. The molecule has 0 unspecified atom stereocenters. The number of fused-ring (bicyclic) bond motifs is 1. The van der Waals surface area contributed by atoms with Crippen LogP contribution in [0.2, 0.25) is 0 Å². The fraction of sp³-hybridized carbons (Fsp3) is 0.368. The van der Waals surface area contributed by atoms with E-state index in [-0.39, 0.29) is 17.9 Å². The van der Waals surface area contributed by atoms with E-state index in [0.29, 0.717) is 36.5 Å². The zero-order valence-corrected chi connectivity index (χ0v) is 15.3. The van der Waals surface area contributed by atoms with Crippen molar-refractivity contribution in [2.45, 2.75) is 33.7 Å². The molecule has 1 aromatic carbocycles. The highest BCUT2D eigenvalue weighted by atomic mass is 16.2. The molecule has 0 aliphatic carbocycles. The van der Waals surface area contributed by atoms with Crippen LogP contribution in [-0.4, -0.2) is 43.2 Å². The predicted molar refractivity (Wildman–Crippen MR) is 100 cm³/mol. The maximum atomic E-state index is 12.9. The van der Waals surface area contributed by atoms with Crippen LogP contribution in [0.4, 0.5) is 0 Å². The lowest BCUT2D eigenvalue weighted by atomic mass is 10.3. The van der Waals surface area contributed by atoms with Crippen molar-refractivity contribution in [3.05, 3.63) is 52.7 Å². The first-order chi connectivity index (χ1) is 12.6. The molecule has 0 radical (unpaired) electrons. The van der Waals surface area contributed by atoms with Crippen molar-refractivity contribution < 1.29 is 4.79 Å². The summed E-state index contributed by atoms with van der Waals surface area (Å²) in [6.45, 7) is 7.34. The number of carbonyl (C=O) groups excluding carboxylic acids is 1. The molecule has 2 heterocycles. The fourth-order valence-electron chi connectivity index (χ4n) is 3.07. The maximum absolute atomic E-state index is 12.9. The van der Waals surface area contributed by atoms with Gasteiger partial charge in [-0.1, -0.05) is 18.2 Å². The zero-order chi connectivity index (χ0) is 18.7. The van der Waals surface area contributed by atoms with Crippen LogP contribution >= 0.6 is 0 Å². The minimum Gasteiger partial charge on any atom is -0.343 e. The van der Waals surface area contributed by atoms with Crippen molar-refractivity contribution in [1.29, 1.82) is 0 Å². The maximum Gasteiger partial charge on any atom is 0.264 e. The van der Waals surface area contributed by atoms with Crippen molar-refractivity contribution in [2.75, 3.05) is 13.1 Å². The molecule has 136 valence electrons. The Morgan fingerprint density at radius 1 is 1.15 bits per heavy atom. The lowest BCUT2D eigenvalue weighted by molar-refractivity contribution is -0.131. The van der Waals surface area contributed by atoms with Crippen molar-refractivity contribution in [3.63, 3.8) is 0 Å². The van der Waals surface area contributed by atoms with Crippen LogP contribution in [0.5, 0.6) is 0 Å². The Morgan fingerprint density at radius 3 is 2.50 bits per heavy atom. The number of rotatable bonds is 6. The van der Waals surface area contributed by atoms with Gasteiger partial charge in [-0.05, 0) is 32.9 Å². The molecule has 1 amide bonds. The normalized spacial score (nSPS) is 11.0. The summed E-state index contributed by atoms with van der Waals surface area (Å²) in [4.78, 5) is 31.4. The van der Waals surface area contributed by atoms with E-state index in [4.69, 9.17) is 0 Å². The average molecular weight is 353 g/mol. The van der Waals surface area contributed by atoms with E-state index in [1.807, 2.05) is 44.2 Å². The minimum atomic E-state index is -0.165. The van der Waals surface area contributed by atoms with Gasteiger partial charge in [-0.3, -0.25) is 14.2 Å². The van der Waals surface area contributed by atoms with Crippen LogP contribution in [-0.2, 0) is 11.3 Å². The summed E-state index contributed by atoms with van der Waals surface area (Å²) in [7, 11) is 0. The first kappa shape index (κ1) is 17.8. The zero-order valence-electron chi connectivity index (χ0n) is 15.3. The molecular weight excluding hydrogens is 330 g/mol. The number of para-hydroxylation sites is 1. The Kier molecular flexibility index (Phi) is 5.16. The van der Waals surface area contributed by atoms with E-state index >= 15 is 0 Å². The summed E-state index contributed by atoms with van der Waals surface area (Å²) in [5.41, 5.74) is 1.22. The van der Waals surface area contributed by atoms with Crippen LogP contribution in [0.25, 0.3) is 16.7 Å². The highest BCUT2D eigenvalue weighted by Crippen LogP contribution is 2.14. The van der Waals surface area contributed by atoms with Crippen LogP contribution in [0.1, 0.15) is 26.1 Å². The van der Waals surface area contributed by atoms with E-state index in [1.54, 1.807) is 27.3 Å². The number of aryl methyl sites for hydroxylation is 1. The SMILES string of the molecule is CCN(CC)C(=O)CCn1c(C)nc2c(cnn2-c2ccccc2)c1=O. The molecule has 3 rings (SSSR count). The number of aromatic nitrogens is 4. The van der Waals surface area contributed by atoms with E-state index < -0.39 is 0 Å².